The number of halogens is 3. The number of piperazine rings is 1. The molecule has 1 aromatic heterocycles. The van der Waals surface area contributed by atoms with E-state index in [4.69, 9.17) is 4.74 Å². The Balaban J connectivity index is 1.43. The minimum absolute atomic E-state index is 0.119. The van der Waals surface area contributed by atoms with Crippen molar-refractivity contribution in [2.24, 2.45) is 0 Å². The number of anilines is 2. The first-order valence-electron chi connectivity index (χ1n) is 16.0. The summed E-state index contributed by atoms with van der Waals surface area (Å²) in [6, 6.07) is 3.98. The Hall–Kier alpha value is -4.01. The lowest BCUT2D eigenvalue weighted by molar-refractivity contribution is 0.0374. The summed E-state index contributed by atoms with van der Waals surface area (Å²) in [4.78, 5) is 33.1. The van der Waals surface area contributed by atoms with E-state index < -0.39 is 40.0 Å². The molecular weight excluding hydrogens is 613 g/mol. The topological polar surface area (TPSA) is 108 Å². The standard InChI is InChI=1S/C33H43F3N8O3/c1-19-16-43(17-20(2)41(19)6)26-9-8-25(21(3)31(26)38-33(46)27-29(35)22(4)28(34)23(5)30(27)36)44-18-24(39-40-44)32(45)37-10-7-11-42-12-14-47-15-13-42/h8-9,18-20H,7,10-17H2,1-6H3,(H,37,45)(H,38,46)/t19-,20+. The van der Waals surface area contributed by atoms with Gasteiger partial charge in [-0.3, -0.25) is 19.4 Å². The minimum Gasteiger partial charge on any atom is -0.379 e. The summed E-state index contributed by atoms with van der Waals surface area (Å²) < 4.78 is 51.5. The van der Waals surface area contributed by atoms with E-state index in [0.29, 0.717) is 55.5 Å². The van der Waals surface area contributed by atoms with Crippen LogP contribution in [-0.2, 0) is 4.74 Å². The molecule has 5 rings (SSSR count). The lowest BCUT2D eigenvalue weighted by atomic mass is 10.0. The minimum atomic E-state index is -1.25. The molecule has 3 aromatic rings. The fourth-order valence-corrected chi connectivity index (χ4v) is 6.18. The second-order valence-electron chi connectivity index (χ2n) is 12.5. The molecule has 3 heterocycles. The molecule has 2 aliphatic rings. The number of carbonyl (C=O) groups is 2. The summed E-state index contributed by atoms with van der Waals surface area (Å²) in [6.45, 7) is 14.1. The molecule has 2 amide bonds. The van der Waals surface area contributed by atoms with E-state index in [1.165, 1.54) is 24.7 Å². The van der Waals surface area contributed by atoms with Gasteiger partial charge in [-0.2, -0.15) is 0 Å². The van der Waals surface area contributed by atoms with Crippen molar-refractivity contribution in [2.75, 3.05) is 69.7 Å². The molecule has 14 heteroatoms. The highest BCUT2D eigenvalue weighted by molar-refractivity contribution is 6.07. The first kappa shape index (κ1) is 34.3. The van der Waals surface area contributed by atoms with Crippen LogP contribution < -0.4 is 15.5 Å². The number of nitrogens with zero attached hydrogens (tertiary/aromatic N) is 6. The van der Waals surface area contributed by atoms with E-state index in [1.54, 1.807) is 13.0 Å². The molecule has 2 aromatic carbocycles. The number of nitrogens with one attached hydrogen (secondary N) is 2. The lowest BCUT2D eigenvalue weighted by Gasteiger charge is -2.44. The van der Waals surface area contributed by atoms with Gasteiger partial charge in [-0.05, 0) is 66.8 Å². The number of amides is 2. The summed E-state index contributed by atoms with van der Waals surface area (Å²) in [5, 5.41) is 13.9. The molecule has 254 valence electrons. The molecule has 0 aliphatic carbocycles. The summed E-state index contributed by atoms with van der Waals surface area (Å²) in [7, 11) is 2.05. The largest absolute Gasteiger partial charge is 0.379 e. The van der Waals surface area contributed by atoms with Crippen LogP contribution in [0.2, 0.25) is 0 Å². The van der Waals surface area contributed by atoms with E-state index in [2.05, 4.69) is 56.5 Å². The average Bonchev–Trinajstić information content (AvgIpc) is 3.55. The van der Waals surface area contributed by atoms with E-state index in [1.807, 2.05) is 6.07 Å². The smallest absolute Gasteiger partial charge is 0.273 e. The van der Waals surface area contributed by atoms with Crippen LogP contribution in [0.15, 0.2) is 18.3 Å². The molecule has 2 saturated heterocycles. The Labute approximate surface area is 273 Å². The quantitative estimate of drug-likeness (QED) is 0.335. The lowest BCUT2D eigenvalue weighted by Crippen LogP contribution is -2.55. The molecule has 0 radical (unpaired) electrons. The van der Waals surface area contributed by atoms with Gasteiger partial charge in [0.2, 0.25) is 0 Å². The Morgan fingerprint density at radius 1 is 0.915 bits per heavy atom. The number of ether oxygens (including phenoxy) is 1. The van der Waals surface area contributed by atoms with Crippen LogP contribution in [0.1, 0.15) is 57.8 Å². The maximum Gasteiger partial charge on any atom is 0.273 e. The Morgan fingerprint density at radius 3 is 2.17 bits per heavy atom. The second-order valence-corrected chi connectivity index (χ2v) is 12.5. The predicted octanol–water partition coefficient (Wildman–Crippen LogP) is 3.84. The van der Waals surface area contributed by atoms with Crippen LogP contribution in [0.3, 0.4) is 0 Å². The van der Waals surface area contributed by atoms with Crippen molar-refractivity contribution in [3.05, 3.63) is 63.7 Å². The molecule has 0 bridgehead atoms. The van der Waals surface area contributed by atoms with Crippen molar-refractivity contribution in [1.29, 1.82) is 0 Å². The predicted molar refractivity (Wildman–Crippen MR) is 173 cm³/mol. The third-order valence-electron chi connectivity index (χ3n) is 9.35. The van der Waals surface area contributed by atoms with Crippen LogP contribution in [0.25, 0.3) is 5.69 Å². The third kappa shape index (κ3) is 7.14. The van der Waals surface area contributed by atoms with Crippen LogP contribution >= 0.6 is 0 Å². The highest BCUT2D eigenvalue weighted by Gasteiger charge is 2.31. The fraction of sp³-hybridized carbons (Fsp3) is 0.515. The van der Waals surface area contributed by atoms with Crippen LogP contribution in [0.4, 0.5) is 24.5 Å². The van der Waals surface area contributed by atoms with Gasteiger partial charge in [0, 0.05) is 61.5 Å². The number of likely N-dealkylation sites (N-methyl/N-ethyl adjacent to an activating group) is 1. The number of benzene rings is 2. The molecule has 2 fully saturated rings. The number of hydrogen-bond donors (Lipinski definition) is 2. The van der Waals surface area contributed by atoms with Crippen LogP contribution in [0.5, 0.6) is 0 Å². The van der Waals surface area contributed by atoms with Gasteiger partial charge in [-0.1, -0.05) is 5.21 Å². The van der Waals surface area contributed by atoms with Gasteiger partial charge in [0.1, 0.15) is 23.0 Å². The maximum absolute atomic E-state index is 15.2. The molecule has 0 spiro atoms. The number of aromatic nitrogens is 3. The Bertz CT molecular complexity index is 1600. The van der Waals surface area contributed by atoms with Crippen molar-refractivity contribution in [2.45, 2.75) is 53.1 Å². The average molecular weight is 657 g/mol. The van der Waals surface area contributed by atoms with Gasteiger partial charge in [0.25, 0.3) is 11.8 Å². The zero-order chi connectivity index (χ0) is 34.0. The fourth-order valence-electron chi connectivity index (χ4n) is 6.18. The molecule has 2 N–H and O–H groups in total. The zero-order valence-corrected chi connectivity index (χ0v) is 27.8. The van der Waals surface area contributed by atoms with E-state index in [-0.39, 0.29) is 23.7 Å². The van der Waals surface area contributed by atoms with Crippen molar-refractivity contribution < 1.29 is 27.5 Å². The summed E-state index contributed by atoms with van der Waals surface area (Å²) >= 11 is 0. The molecule has 47 heavy (non-hydrogen) atoms. The first-order valence-corrected chi connectivity index (χ1v) is 16.0. The molecule has 2 atom stereocenters. The van der Waals surface area contributed by atoms with E-state index in [9.17, 15) is 14.0 Å². The summed E-state index contributed by atoms with van der Waals surface area (Å²) in [5.41, 5.74) is 0.408. The van der Waals surface area contributed by atoms with E-state index in [0.717, 1.165) is 26.1 Å². The molecule has 2 aliphatic heterocycles. The normalized spacial score (nSPS) is 19.2. The Morgan fingerprint density at radius 2 is 1.53 bits per heavy atom. The Kier molecular flexibility index (Phi) is 10.5. The molecule has 0 saturated carbocycles. The van der Waals surface area contributed by atoms with Gasteiger partial charge in [0.05, 0.1) is 36.5 Å². The van der Waals surface area contributed by atoms with Crippen molar-refractivity contribution in [3.63, 3.8) is 0 Å². The van der Waals surface area contributed by atoms with Gasteiger partial charge in [-0.15, -0.1) is 5.10 Å². The van der Waals surface area contributed by atoms with Gasteiger partial charge < -0.3 is 20.3 Å². The maximum atomic E-state index is 15.2. The molecule has 0 unspecified atom stereocenters. The summed E-state index contributed by atoms with van der Waals surface area (Å²) in [6.07, 6.45) is 2.28. The summed E-state index contributed by atoms with van der Waals surface area (Å²) in [5.74, 6) is -4.94. The third-order valence-corrected chi connectivity index (χ3v) is 9.35. The molecule has 11 nitrogen and oxygen atoms in total. The van der Waals surface area contributed by atoms with Gasteiger partial charge in [-0.25, -0.2) is 17.9 Å². The number of rotatable bonds is 9. The second kappa shape index (κ2) is 14.4. The van der Waals surface area contributed by atoms with Crippen LogP contribution in [0, 0.1) is 38.2 Å². The monoisotopic (exact) mass is 656 g/mol. The van der Waals surface area contributed by atoms with Gasteiger partial charge >= 0.3 is 0 Å². The van der Waals surface area contributed by atoms with E-state index >= 15 is 8.78 Å². The first-order chi connectivity index (χ1) is 22.4. The number of hydrogen-bond acceptors (Lipinski definition) is 8. The van der Waals surface area contributed by atoms with Crippen molar-refractivity contribution in [3.8, 4) is 5.69 Å². The number of carbonyl (C=O) groups excluding carboxylic acids is 2. The van der Waals surface area contributed by atoms with Crippen molar-refractivity contribution >= 4 is 23.2 Å². The highest BCUT2D eigenvalue weighted by atomic mass is 19.1. The van der Waals surface area contributed by atoms with Crippen LogP contribution in [-0.4, -0.2) is 108 Å². The number of morpholine rings is 1. The SMILES string of the molecule is Cc1c(F)c(C)c(F)c(C(=O)Nc2c(N3C[C@@H](C)N(C)[C@@H](C)C3)ccc(-n3cc(C(=O)NCCCN4CCOCC4)nn3)c2C)c1F. The van der Waals surface area contributed by atoms with Crippen molar-refractivity contribution in [1.82, 2.24) is 30.1 Å². The molecular formula is C33H43F3N8O3. The van der Waals surface area contributed by atoms with Gasteiger partial charge in [0.15, 0.2) is 5.69 Å². The highest BCUT2D eigenvalue weighted by Crippen LogP contribution is 2.36. The zero-order valence-electron chi connectivity index (χ0n) is 27.8.